The van der Waals surface area contributed by atoms with E-state index in [1.807, 2.05) is 30.3 Å². The van der Waals surface area contributed by atoms with E-state index in [1.54, 1.807) is 4.90 Å². The average Bonchev–Trinajstić information content (AvgIpc) is 3.30. The van der Waals surface area contributed by atoms with Gasteiger partial charge >= 0.3 is 5.97 Å². The second-order valence-electron chi connectivity index (χ2n) is 5.54. The molecule has 0 aromatic heterocycles. The molecule has 0 heterocycles. The van der Waals surface area contributed by atoms with Gasteiger partial charge in [-0.2, -0.15) is 0 Å². The number of hydrogen-bond donors (Lipinski definition) is 2. The number of amides is 1. The third-order valence-corrected chi connectivity index (χ3v) is 3.74. The van der Waals surface area contributed by atoms with E-state index in [9.17, 15) is 9.59 Å². The van der Waals surface area contributed by atoms with E-state index in [4.69, 9.17) is 10.8 Å². The zero-order valence-corrected chi connectivity index (χ0v) is 12.1. The lowest BCUT2D eigenvalue weighted by atomic mass is 10.0. The second kappa shape index (κ2) is 7.22. The molecule has 1 aromatic carbocycles. The molecule has 5 nitrogen and oxygen atoms in total. The minimum absolute atomic E-state index is 0.0202. The van der Waals surface area contributed by atoms with E-state index in [-0.39, 0.29) is 24.9 Å². The number of benzene rings is 1. The molecule has 3 N–H and O–H groups in total. The Morgan fingerprint density at radius 2 is 1.95 bits per heavy atom. The number of nitrogens with zero attached hydrogens (tertiary/aromatic N) is 1. The summed E-state index contributed by atoms with van der Waals surface area (Å²) in [6.45, 7) is 0.262. The van der Waals surface area contributed by atoms with Gasteiger partial charge in [0, 0.05) is 12.6 Å². The highest BCUT2D eigenvalue weighted by molar-refractivity contribution is 5.82. The van der Waals surface area contributed by atoms with Gasteiger partial charge in [0.2, 0.25) is 5.91 Å². The van der Waals surface area contributed by atoms with Gasteiger partial charge in [0.05, 0.1) is 12.5 Å². The normalized spacial score (nSPS) is 15.5. The third-order valence-electron chi connectivity index (χ3n) is 3.74. The van der Waals surface area contributed by atoms with Crippen molar-refractivity contribution in [1.82, 2.24) is 4.90 Å². The molecule has 2 rings (SSSR count). The van der Waals surface area contributed by atoms with Crippen LogP contribution in [0.4, 0.5) is 0 Å². The molecule has 1 fully saturated rings. The van der Waals surface area contributed by atoms with Crippen molar-refractivity contribution in [1.29, 1.82) is 0 Å². The van der Waals surface area contributed by atoms with Crippen molar-refractivity contribution in [2.24, 2.45) is 5.73 Å². The van der Waals surface area contributed by atoms with Crippen molar-refractivity contribution in [3.05, 3.63) is 35.9 Å². The summed E-state index contributed by atoms with van der Waals surface area (Å²) >= 11 is 0. The highest BCUT2D eigenvalue weighted by atomic mass is 16.4. The summed E-state index contributed by atoms with van der Waals surface area (Å²) in [4.78, 5) is 24.7. The van der Waals surface area contributed by atoms with Gasteiger partial charge in [0.1, 0.15) is 0 Å². The molecule has 0 unspecified atom stereocenters. The molecule has 1 aliphatic rings. The van der Waals surface area contributed by atoms with Gasteiger partial charge in [-0.25, -0.2) is 0 Å². The molecule has 0 saturated heterocycles. The van der Waals surface area contributed by atoms with Crippen molar-refractivity contribution in [2.45, 2.75) is 44.2 Å². The molecular weight excluding hydrogens is 268 g/mol. The Kier molecular flexibility index (Phi) is 5.33. The van der Waals surface area contributed by atoms with Crippen molar-refractivity contribution in [3.8, 4) is 0 Å². The molecule has 114 valence electrons. The lowest BCUT2D eigenvalue weighted by Gasteiger charge is -2.25. The van der Waals surface area contributed by atoms with Gasteiger partial charge in [-0.3, -0.25) is 9.59 Å². The van der Waals surface area contributed by atoms with Crippen LogP contribution in [0.1, 0.15) is 31.2 Å². The molecule has 1 amide bonds. The molecule has 1 aliphatic carbocycles. The highest BCUT2D eigenvalue weighted by Crippen LogP contribution is 2.27. The largest absolute Gasteiger partial charge is 0.481 e. The van der Waals surface area contributed by atoms with Crippen LogP contribution in [0, 0.1) is 0 Å². The molecule has 1 aromatic rings. The smallest absolute Gasteiger partial charge is 0.305 e. The molecule has 0 aliphatic heterocycles. The molecule has 0 bridgehead atoms. The standard InChI is InChI=1S/C16H22N2O3/c17-14(9-6-12-4-2-1-3-5-12)16(21)18(13-7-8-13)11-10-15(19)20/h1-5,13-14H,6-11,17H2,(H,19,20)/t14-/m0/s1. The molecular formula is C16H22N2O3. The minimum atomic E-state index is -0.883. The van der Waals surface area contributed by atoms with Crippen LogP contribution in [0.5, 0.6) is 0 Å². The van der Waals surface area contributed by atoms with E-state index in [2.05, 4.69) is 0 Å². The number of carbonyl (C=O) groups is 2. The molecule has 5 heteroatoms. The van der Waals surface area contributed by atoms with Crippen LogP contribution >= 0.6 is 0 Å². The predicted molar refractivity (Wildman–Crippen MR) is 79.7 cm³/mol. The van der Waals surface area contributed by atoms with Crippen LogP contribution in [0.25, 0.3) is 0 Å². The van der Waals surface area contributed by atoms with E-state index >= 15 is 0 Å². The maximum Gasteiger partial charge on any atom is 0.305 e. The van der Waals surface area contributed by atoms with E-state index in [0.29, 0.717) is 6.42 Å². The zero-order chi connectivity index (χ0) is 15.2. The van der Waals surface area contributed by atoms with E-state index in [0.717, 1.165) is 24.8 Å². The van der Waals surface area contributed by atoms with Crippen molar-refractivity contribution in [2.75, 3.05) is 6.54 Å². The van der Waals surface area contributed by atoms with Gasteiger partial charge in [0.25, 0.3) is 0 Å². The summed E-state index contributed by atoms with van der Waals surface area (Å²) in [6, 6.07) is 9.55. The fourth-order valence-corrected chi connectivity index (χ4v) is 2.38. The van der Waals surface area contributed by atoms with E-state index < -0.39 is 12.0 Å². The number of aryl methyl sites for hydroxylation is 1. The third kappa shape index (κ3) is 4.86. The van der Waals surface area contributed by atoms with Gasteiger partial charge in [0.15, 0.2) is 0 Å². The number of aliphatic carboxylic acids is 1. The van der Waals surface area contributed by atoms with Crippen LogP contribution in [0.15, 0.2) is 30.3 Å². The number of nitrogens with two attached hydrogens (primary N) is 1. The van der Waals surface area contributed by atoms with Crippen LogP contribution in [0.3, 0.4) is 0 Å². The average molecular weight is 290 g/mol. The predicted octanol–water partition coefficient (Wildman–Crippen LogP) is 1.41. The summed E-state index contributed by atoms with van der Waals surface area (Å²) in [5.41, 5.74) is 7.16. The maximum atomic E-state index is 12.4. The Morgan fingerprint density at radius 1 is 1.29 bits per heavy atom. The van der Waals surface area contributed by atoms with Crippen molar-refractivity contribution in [3.63, 3.8) is 0 Å². The Morgan fingerprint density at radius 3 is 2.52 bits per heavy atom. The molecule has 21 heavy (non-hydrogen) atoms. The summed E-state index contributed by atoms with van der Waals surface area (Å²) in [5, 5.41) is 8.77. The number of carboxylic acid groups (broad SMARTS) is 1. The minimum Gasteiger partial charge on any atom is -0.481 e. The van der Waals surface area contributed by atoms with Crippen molar-refractivity contribution < 1.29 is 14.7 Å². The lowest BCUT2D eigenvalue weighted by Crippen LogP contribution is -2.45. The molecule has 0 spiro atoms. The van der Waals surface area contributed by atoms with Gasteiger partial charge < -0.3 is 15.7 Å². The number of carboxylic acids is 1. The van der Waals surface area contributed by atoms with Crippen LogP contribution in [-0.4, -0.2) is 40.5 Å². The number of hydrogen-bond acceptors (Lipinski definition) is 3. The Bertz CT molecular complexity index is 486. The van der Waals surface area contributed by atoms with Crippen molar-refractivity contribution >= 4 is 11.9 Å². The highest BCUT2D eigenvalue weighted by Gasteiger charge is 2.34. The SMILES string of the molecule is N[C@@H](CCc1ccccc1)C(=O)N(CCC(=O)O)C1CC1. The van der Waals surface area contributed by atoms with E-state index in [1.165, 1.54) is 0 Å². The Hall–Kier alpha value is -1.88. The Labute approximate surface area is 124 Å². The fourth-order valence-electron chi connectivity index (χ4n) is 2.38. The van der Waals surface area contributed by atoms with Gasteiger partial charge in [-0.1, -0.05) is 30.3 Å². The molecule has 1 atom stereocenters. The molecule has 0 radical (unpaired) electrons. The zero-order valence-electron chi connectivity index (χ0n) is 12.1. The summed E-state index contributed by atoms with van der Waals surface area (Å²) in [7, 11) is 0. The van der Waals surface area contributed by atoms with Crippen LogP contribution < -0.4 is 5.73 Å². The first-order valence-corrected chi connectivity index (χ1v) is 7.39. The van der Waals surface area contributed by atoms with Crippen LogP contribution in [-0.2, 0) is 16.0 Å². The first-order chi connectivity index (χ1) is 10.1. The quantitative estimate of drug-likeness (QED) is 0.758. The first-order valence-electron chi connectivity index (χ1n) is 7.39. The topological polar surface area (TPSA) is 83.6 Å². The second-order valence-corrected chi connectivity index (χ2v) is 5.54. The summed E-state index contributed by atoms with van der Waals surface area (Å²) in [5.74, 6) is -0.999. The number of rotatable bonds is 8. The molecule has 1 saturated carbocycles. The monoisotopic (exact) mass is 290 g/mol. The summed E-state index contributed by atoms with van der Waals surface area (Å²) < 4.78 is 0. The lowest BCUT2D eigenvalue weighted by molar-refractivity contribution is -0.139. The number of carbonyl (C=O) groups excluding carboxylic acids is 1. The van der Waals surface area contributed by atoms with Gasteiger partial charge in [-0.15, -0.1) is 0 Å². The Balaban J connectivity index is 1.85. The van der Waals surface area contributed by atoms with Gasteiger partial charge in [-0.05, 0) is 31.2 Å². The fraction of sp³-hybridized carbons (Fsp3) is 0.500. The first kappa shape index (κ1) is 15.5. The summed E-state index contributed by atoms with van der Waals surface area (Å²) in [6.07, 6.45) is 3.23. The maximum absolute atomic E-state index is 12.4. The van der Waals surface area contributed by atoms with Crippen LogP contribution in [0.2, 0.25) is 0 Å².